The van der Waals surface area contributed by atoms with Crippen molar-refractivity contribution >= 4 is 11.7 Å². The van der Waals surface area contributed by atoms with E-state index >= 15 is 0 Å². The third-order valence-electron chi connectivity index (χ3n) is 5.75. The molecule has 28 heavy (non-hydrogen) atoms. The molecule has 9 heteroatoms. The van der Waals surface area contributed by atoms with Crippen LogP contribution in [-0.4, -0.2) is 90.5 Å². The van der Waals surface area contributed by atoms with Gasteiger partial charge in [0.2, 0.25) is 5.91 Å². The number of carbonyl (C=O) groups excluding carboxylic acids is 1. The fourth-order valence-corrected chi connectivity index (χ4v) is 3.78. The number of carbonyl (C=O) groups is 1. The van der Waals surface area contributed by atoms with Crippen molar-refractivity contribution in [2.45, 2.75) is 26.1 Å². The number of amides is 1. The van der Waals surface area contributed by atoms with E-state index in [9.17, 15) is 18.0 Å². The first-order valence-electron chi connectivity index (χ1n) is 9.83. The Balaban J connectivity index is 1.51. The quantitative estimate of drug-likeness (QED) is 0.772. The predicted octanol–water partition coefficient (Wildman–Crippen LogP) is 1.77. The Morgan fingerprint density at radius 1 is 1.07 bits per heavy atom. The van der Waals surface area contributed by atoms with Gasteiger partial charge in [0.25, 0.3) is 0 Å². The summed E-state index contributed by atoms with van der Waals surface area (Å²) in [5.74, 6) is 0.708. The summed E-state index contributed by atoms with van der Waals surface area (Å²) in [7, 11) is 0. The minimum atomic E-state index is -4.37. The molecule has 0 aliphatic carbocycles. The van der Waals surface area contributed by atoms with Crippen LogP contribution in [-0.2, 0) is 11.0 Å². The molecule has 2 aliphatic rings. The Morgan fingerprint density at radius 3 is 2.21 bits per heavy atom. The van der Waals surface area contributed by atoms with Crippen molar-refractivity contribution in [1.29, 1.82) is 0 Å². The van der Waals surface area contributed by atoms with Crippen molar-refractivity contribution in [3.8, 4) is 0 Å². The van der Waals surface area contributed by atoms with Crippen LogP contribution >= 0.6 is 0 Å². The number of likely N-dealkylation sites (N-methyl/N-ethyl adjacent to an activating group) is 1. The second kappa shape index (κ2) is 8.65. The summed E-state index contributed by atoms with van der Waals surface area (Å²) in [6.07, 6.45) is -3.49. The Morgan fingerprint density at radius 2 is 1.71 bits per heavy atom. The number of aromatic nitrogens is 1. The molecule has 1 amide bonds. The largest absolute Gasteiger partial charge is 0.417 e. The topological polar surface area (TPSA) is 42.9 Å². The molecule has 1 atom stereocenters. The second-order valence-electron chi connectivity index (χ2n) is 7.36. The highest BCUT2D eigenvalue weighted by atomic mass is 19.4. The average Bonchev–Trinajstić information content (AvgIpc) is 2.72. The van der Waals surface area contributed by atoms with Gasteiger partial charge in [0.1, 0.15) is 5.82 Å². The highest BCUT2D eigenvalue weighted by Crippen LogP contribution is 2.29. The molecule has 0 spiro atoms. The molecule has 0 radical (unpaired) electrons. The summed E-state index contributed by atoms with van der Waals surface area (Å²) in [6.45, 7) is 11.1. The first kappa shape index (κ1) is 20.9. The smallest absolute Gasteiger partial charge is 0.354 e. The summed E-state index contributed by atoms with van der Waals surface area (Å²) >= 11 is 0. The summed E-state index contributed by atoms with van der Waals surface area (Å²) in [6, 6.07) is 2.30. The van der Waals surface area contributed by atoms with Gasteiger partial charge in [-0.1, -0.05) is 6.92 Å². The minimum Gasteiger partial charge on any atom is -0.354 e. The first-order chi connectivity index (χ1) is 13.3. The van der Waals surface area contributed by atoms with Crippen LogP contribution in [0.25, 0.3) is 0 Å². The Bertz CT molecular complexity index is 651. The number of halogens is 3. The monoisotopic (exact) mass is 399 g/mol. The van der Waals surface area contributed by atoms with Gasteiger partial charge in [-0.05, 0) is 25.6 Å². The standard InChI is InChI=1S/C19H28F3N5O/c1-3-24-6-8-27(9-7-24)18(28)15(2)25-10-12-26(13-11-25)17-5-4-16(14-23-17)19(20,21)22/h4-5,14-15H,3,6-13H2,1-2H3. The van der Waals surface area contributed by atoms with Gasteiger partial charge in [0.15, 0.2) is 0 Å². The number of alkyl halides is 3. The van der Waals surface area contributed by atoms with Crippen LogP contribution in [0, 0.1) is 0 Å². The molecule has 2 fully saturated rings. The summed E-state index contributed by atoms with van der Waals surface area (Å²) < 4.78 is 38.0. The Kier molecular flexibility index (Phi) is 6.44. The van der Waals surface area contributed by atoms with Gasteiger partial charge < -0.3 is 14.7 Å². The Labute approximate surface area is 163 Å². The van der Waals surface area contributed by atoms with Crippen LogP contribution in [0.2, 0.25) is 0 Å². The van der Waals surface area contributed by atoms with Gasteiger partial charge in [0.05, 0.1) is 11.6 Å². The lowest BCUT2D eigenvalue weighted by atomic mass is 10.1. The van der Waals surface area contributed by atoms with Gasteiger partial charge in [-0.3, -0.25) is 9.69 Å². The summed E-state index contributed by atoms with van der Waals surface area (Å²) in [4.78, 5) is 25.2. The van der Waals surface area contributed by atoms with E-state index in [-0.39, 0.29) is 11.9 Å². The molecule has 0 bridgehead atoms. The summed E-state index contributed by atoms with van der Waals surface area (Å²) in [5.41, 5.74) is -0.739. The number of pyridine rings is 1. The maximum absolute atomic E-state index is 12.8. The van der Waals surface area contributed by atoms with E-state index in [1.807, 2.05) is 16.7 Å². The average molecular weight is 399 g/mol. The van der Waals surface area contributed by atoms with Gasteiger partial charge in [-0.25, -0.2) is 4.98 Å². The fraction of sp³-hybridized carbons (Fsp3) is 0.684. The van der Waals surface area contributed by atoms with Gasteiger partial charge >= 0.3 is 6.18 Å². The highest BCUT2D eigenvalue weighted by Gasteiger charge is 2.32. The van der Waals surface area contributed by atoms with Crippen molar-refractivity contribution < 1.29 is 18.0 Å². The first-order valence-corrected chi connectivity index (χ1v) is 9.83. The van der Waals surface area contributed by atoms with Crippen LogP contribution in [0.5, 0.6) is 0 Å². The second-order valence-corrected chi connectivity index (χ2v) is 7.36. The molecule has 0 N–H and O–H groups in total. The molecule has 6 nitrogen and oxygen atoms in total. The van der Waals surface area contributed by atoms with E-state index in [0.717, 1.165) is 45.0 Å². The molecule has 1 unspecified atom stereocenters. The number of anilines is 1. The fourth-order valence-electron chi connectivity index (χ4n) is 3.78. The molecule has 2 saturated heterocycles. The van der Waals surface area contributed by atoms with Crippen LogP contribution in [0.4, 0.5) is 19.0 Å². The van der Waals surface area contributed by atoms with Crippen LogP contribution in [0.1, 0.15) is 19.4 Å². The normalized spacial score (nSPS) is 21.0. The van der Waals surface area contributed by atoms with Crippen molar-refractivity contribution in [3.05, 3.63) is 23.9 Å². The minimum absolute atomic E-state index is 0.164. The zero-order valence-electron chi connectivity index (χ0n) is 16.5. The lowest BCUT2D eigenvalue weighted by molar-refractivity contribution is -0.138. The van der Waals surface area contributed by atoms with Crippen LogP contribution < -0.4 is 4.90 Å². The SMILES string of the molecule is CCN1CCN(C(=O)C(C)N2CCN(c3ccc(C(F)(F)F)cn3)CC2)CC1. The van der Waals surface area contributed by atoms with Gasteiger partial charge in [0, 0.05) is 58.6 Å². The molecule has 0 aromatic carbocycles. The molecule has 1 aromatic heterocycles. The molecule has 3 rings (SSSR count). The molecule has 0 saturated carbocycles. The zero-order valence-corrected chi connectivity index (χ0v) is 16.5. The van der Waals surface area contributed by atoms with Gasteiger partial charge in [-0.2, -0.15) is 13.2 Å². The molecule has 3 heterocycles. The number of rotatable bonds is 4. The zero-order chi connectivity index (χ0) is 20.3. The van der Waals surface area contributed by atoms with Crippen molar-refractivity contribution in [2.75, 3.05) is 63.8 Å². The lowest BCUT2D eigenvalue weighted by Gasteiger charge is -2.41. The number of piperazine rings is 2. The van der Waals surface area contributed by atoms with Crippen molar-refractivity contribution in [1.82, 2.24) is 19.7 Å². The molecular weight excluding hydrogens is 371 g/mol. The van der Waals surface area contributed by atoms with Crippen LogP contribution in [0.3, 0.4) is 0 Å². The van der Waals surface area contributed by atoms with Gasteiger partial charge in [-0.15, -0.1) is 0 Å². The highest BCUT2D eigenvalue weighted by molar-refractivity contribution is 5.81. The number of hydrogen-bond acceptors (Lipinski definition) is 5. The van der Waals surface area contributed by atoms with Crippen LogP contribution in [0.15, 0.2) is 18.3 Å². The maximum Gasteiger partial charge on any atom is 0.417 e. The molecule has 2 aliphatic heterocycles. The third-order valence-corrected chi connectivity index (χ3v) is 5.75. The number of nitrogens with zero attached hydrogens (tertiary/aromatic N) is 5. The Hall–Kier alpha value is -1.87. The predicted molar refractivity (Wildman–Crippen MR) is 101 cm³/mol. The van der Waals surface area contributed by atoms with Crippen molar-refractivity contribution in [3.63, 3.8) is 0 Å². The molecule has 156 valence electrons. The lowest BCUT2D eigenvalue weighted by Crippen LogP contribution is -2.57. The van der Waals surface area contributed by atoms with E-state index in [4.69, 9.17) is 0 Å². The van der Waals surface area contributed by atoms with E-state index in [1.54, 1.807) is 0 Å². The summed E-state index contributed by atoms with van der Waals surface area (Å²) in [5, 5.41) is 0. The third kappa shape index (κ3) is 4.75. The van der Waals surface area contributed by atoms with E-state index in [1.165, 1.54) is 6.07 Å². The molecule has 1 aromatic rings. The van der Waals surface area contributed by atoms with Crippen molar-refractivity contribution in [2.24, 2.45) is 0 Å². The van der Waals surface area contributed by atoms with E-state index in [0.29, 0.717) is 32.0 Å². The number of hydrogen-bond donors (Lipinski definition) is 0. The van der Waals surface area contributed by atoms with E-state index in [2.05, 4.69) is 21.7 Å². The molecular formula is C19H28F3N5O. The van der Waals surface area contributed by atoms with E-state index < -0.39 is 11.7 Å². The maximum atomic E-state index is 12.8.